The van der Waals surface area contributed by atoms with E-state index < -0.39 is 0 Å². The van der Waals surface area contributed by atoms with Crippen molar-refractivity contribution in [1.82, 2.24) is 5.16 Å². The molecular formula is C13H16N2O4. The highest BCUT2D eigenvalue weighted by Gasteiger charge is 2.15. The van der Waals surface area contributed by atoms with E-state index >= 15 is 0 Å². The van der Waals surface area contributed by atoms with Crippen LogP contribution in [0, 0.1) is 0 Å². The van der Waals surface area contributed by atoms with Crippen LogP contribution in [0.3, 0.4) is 0 Å². The minimum absolute atomic E-state index is 0.247. The van der Waals surface area contributed by atoms with Crippen molar-refractivity contribution >= 4 is 5.88 Å². The Labute approximate surface area is 111 Å². The van der Waals surface area contributed by atoms with Crippen LogP contribution in [0.4, 0.5) is 5.88 Å². The van der Waals surface area contributed by atoms with E-state index in [9.17, 15) is 0 Å². The average molecular weight is 264 g/mol. The molecule has 0 saturated heterocycles. The van der Waals surface area contributed by atoms with Crippen LogP contribution in [-0.2, 0) is 11.3 Å². The SMILES string of the molecule is COCc1cc(OC)c(-c2cc(N)on2)cc1OC. The molecule has 0 unspecified atom stereocenters. The molecule has 0 radical (unpaired) electrons. The summed E-state index contributed by atoms with van der Waals surface area (Å²) in [6.07, 6.45) is 0. The molecule has 6 nitrogen and oxygen atoms in total. The highest BCUT2D eigenvalue weighted by atomic mass is 16.5. The molecule has 0 spiro atoms. The maximum atomic E-state index is 5.53. The molecule has 1 heterocycles. The molecule has 0 fully saturated rings. The van der Waals surface area contributed by atoms with Gasteiger partial charge >= 0.3 is 0 Å². The summed E-state index contributed by atoms with van der Waals surface area (Å²) in [5.41, 5.74) is 7.77. The Balaban J connectivity index is 2.53. The summed E-state index contributed by atoms with van der Waals surface area (Å²) in [5.74, 6) is 1.59. The summed E-state index contributed by atoms with van der Waals surface area (Å²) >= 11 is 0. The molecule has 6 heteroatoms. The molecule has 0 saturated carbocycles. The number of anilines is 1. The Hall–Kier alpha value is -2.21. The number of nitrogens with two attached hydrogens (primary N) is 1. The lowest BCUT2D eigenvalue weighted by molar-refractivity contribution is 0.181. The Bertz CT molecular complexity index is 566. The Kier molecular flexibility index (Phi) is 3.91. The largest absolute Gasteiger partial charge is 0.496 e. The zero-order chi connectivity index (χ0) is 13.8. The predicted molar refractivity (Wildman–Crippen MR) is 70.2 cm³/mol. The Morgan fingerprint density at radius 2 is 1.84 bits per heavy atom. The van der Waals surface area contributed by atoms with Crippen LogP contribution in [0.15, 0.2) is 22.7 Å². The van der Waals surface area contributed by atoms with Gasteiger partial charge in [0, 0.05) is 24.3 Å². The first-order chi connectivity index (χ1) is 9.19. The summed E-state index contributed by atoms with van der Waals surface area (Å²) in [7, 11) is 4.81. The number of aromatic nitrogens is 1. The molecule has 1 aromatic heterocycles. The van der Waals surface area contributed by atoms with Crippen LogP contribution in [-0.4, -0.2) is 26.5 Å². The van der Waals surface area contributed by atoms with Gasteiger partial charge in [0.1, 0.15) is 17.2 Å². The maximum absolute atomic E-state index is 5.53. The molecule has 0 aliphatic rings. The van der Waals surface area contributed by atoms with E-state index in [1.165, 1.54) is 0 Å². The van der Waals surface area contributed by atoms with Gasteiger partial charge in [0.2, 0.25) is 5.88 Å². The van der Waals surface area contributed by atoms with Gasteiger partial charge < -0.3 is 24.5 Å². The topological polar surface area (TPSA) is 79.7 Å². The second kappa shape index (κ2) is 5.62. The van der Waals surface area contributed by atoms with Gasteiger partial charge in [0.25, 0.3) is 0 Å². The summed E-state index contributed by atoms with van der Waals surface area (Å²) in [4.78, 5) is 0. The second-order valence-corrected chi connectivity index (χ2v) is 3.91. The van der Waals surface area contributed by atoms with Crippen LogP contribution in [0.25, 0.3) is 11.3 Å². The fourth-order valence-corrected chi connectivity index (χ4v) is 1.85. The highest BCUT2D eigenvalue weighted by Crippen LogP contribution is 2.36. The van der Waals surface area contributed by atoms with E-state index in [0.717, 1.165) is 11.1 Å². The zero-order valence-electron chi connectivity index (χ0n) is 11.1. The number of hydrogen-bond acceptors (Lipinski definition) is 6. The fraction of sp³-hybridized carbons (Fsp3) is 0.308. The molecule has 0 bridgehead atoms. The van der Waals surface area contributed by atoms with Crippen molar-refractivity contribution in [3.05, 3.63) is 23.8 Å². The van der Waals surface area contributed by atoms with E-state index in [1.54, 1.807) is 27.4 Å². The highest BCUT2D eigenvalue weighted by molar-refractivity contribution is 5.71. The number of rotatable bonds is 5. The smallest absolute Gasteiger partial charge is 0.222 e. The molecule has 19 heavy (non-hydrogen) atoms. The minimum atomic E-state index is 0.247. The van der Waals surface area contributed by atoms with Crippen LogP contribution in [0.1, 0.15) is 5.56 Å². The van der Waals surface area contributed by atoms with Crippen molar-refractivity contribution in [3.63, 3.8) is 0 Å². The zero-order valence-corrected chi connectivity index (χ0v) is 11.1. The maximum Gasteiger partial charge on any atom is 0.222 e. The number of benzene rings is 1. The molecule has 0 aliphatic heterocycles. The van der Waals surface area contributed by atoms with Crippen LogP contribution >= 0.6 is 0 Å². The molecule has 102 valence electrons. The van der Waals surface area contributed by atoms with Crippen LogP contribution in [0.2, 0.25) is 0 Å². The standard InChI is InChI=1S/C13H16N2O4/c1-16-7-8-4-12(18-3)9(5-11(8)17-2)10-6-13(14)19-15-10/h4-6H,7,14H2,1-3H3. The lowest BCUT2D eigenvalue weighted by atomic mass is 10.1. The number of nitrogen functional groups attached to an aromatic ring is 1. The average Bonchev–Trinajstić information content (AvgIpc) is 2.85. The van der Waals surface area contributed by atoms with Gasteiger partial charge in [-0.25, -0.2) is 0 Å². The first kappa shape index (κ1) is 13.2. The summed E-state index contributed by atoms with van der Waals surface area (Å²) < 4.78 is 20.7. The molecular weight excluding hydrogens is 248 g/mol. The van der Waals surface area contributed by atoms with Crippen molar-refractivity contribution < 1.29 is 18.7 Å². The third kappa shape index (κ3) is 2.63. The van der Waals surface area contributed by atoms with Crippen molar-refractivity contribution in [2.75, 3.05) is 27.1 Å². The summed E-state index contributed by atoms with van der Waals surface area (Å²) in [6.45, 7) is 0.431. The van der Waals surface area contributed by atoms with Gasteiger partial charge in [0.15, 0.2) is 0 Å². The van der Waals surface area contributed by atoms with E-state index in [-0.39, 0.29) is 5.88 Å². The monoisotopic (exact) mass is 264 g/mol. The summed E-state index contributed by atoms with van der Waals surface area (Å²) in [5, 5.41) is 3.88. The van der Waals surface area contributed by atoms with Crippen molar-refractivity contribution in [2.45, 2.75) is 6.61 Å². The van der Waals surface area contributed by atoms with E-state index in [2.05, 4.69) is 5.16 Å². The molecule has 2 aromatic rings. The number of ether oxygens (including phenoxy) is 3. The van der Waals surface area contributed by atoms with Gasteiger partial charge in [-0.3, -0.25) is 0 Å². The number of hydrogen-bond donors (Lipinski definition) is 1. The summed E-state index contributed by atoms with van der Waals surface area (Å²) in [6, 6.07) is 5.31. The van der Waals surface area contributed by atoms with Gasteiger partial charge in [-0.15, -0.1) is 0 Å². The van der Waals surface area contributed by atoms with E-state index in [1.807, 2.05) is 12.1 Å². The van der Waals surface area contributed by atoms with Crippen LogP contribution < -0.4 is 15.2 Å². The van der Waals surface area contributed by atoms with Crippen LogP contribution in [0.5, 0.6) is 11.5 Å². The van der Waals surface area contributed by atoms with Crippen molar-refractivity contribution in [2.24, 2.45) is 0 Å². The third-order valence-electron chi connectivity index (χ3n) is 2.71. The van der Waals surface area contributed by atoms with Gasteiger partial charge in [0.05, 0.1) is 20.8 Å². The molecule has 0 aliphatic carbocycles. The number of nitrogens with zero attached hydrogens (tertiary/aromatic N) is 1. The minimum Gasteiger partial charge on any atom is -0.496 e. The van der Waals surface area contributed by atoms with Crippen molar-refractivity contribution in [3.8, 4) is 22.8 Å². The lowest BCUT2D eigenvalue weighted by Gasteiger charge is -2.13. The first-order valence-electron chi connectivity index (χ1n) is 5.66. The molecule has 2 N–H and O–H groups in total. The van der Waals surface area contributed by atoms with Crippen molar-refractivity contribution in [1.29, 1.82) is 0 Å². The van der Waals surface area contributed by atoms with E-state index in [4.69, 9.17) is 24.5 Å². The Morgan fingerprint density at radius 1 is 1.11 bits per heavy atom. The lowest BCUT2D eigenvalue weighted by Crippen LogP contribution is -1.97. The normalized spacial score (nSPS) is 10.5. The first-order valence-corrected chi connectivity index (χ1v) is 5.66. The van der Waals surface area contributed by atoms with Gasteiger partial charge in [-0.2, -0.15) is 0 Å². The molecule has 0 amide bonds. The quantitative estimate of drug-likeness (QED) is 0.890. The van der Waals surface area contributed by atoms with E-state index in [0.29, 0.717) is 23.8 Å². The fourth-order valence-electron chi connectivity index (χ4n) is 1.85. The third-order valence-corrected chi connectivity index (χ3v) is 2.71. The number of methoxy groups -OCH3 is 3. The van der Waals surface area contributed by atoms with Gasteiger partial charge in [-0.1, -0.05) is 5.16 Å². The molecule has 1 aromatic carbocycles. The molecule has 2 rings (SSSR count). The predicted octanol–water partition coefficient (Wildman–Crippen LogP) is 2.09. The Morgan fingerprint density at radius 3 is 2.37 bits per heavy atom. The van der Waals surface area contributed by atoms with Gasteiger partial charge in [-0.05, 0) is 12.1 Å². The second-order valence-electron chi connectivity index (χ2n) is 3.91. The molecule has 0 atom stereocenters.